The highest BCUT2D eigenvalue weighted by molar-refractivity contribution is 5.95. The van der Waals surface area contributed by atoms with E-state index in [4.69, 9.17) is 9.47 Å². The number of para-hydroxylation sites is 1. The standard InChI is InChI=1S/C23H23F4N3O3/c1-3-32-19-10-9-15(13-20(19)33-4-2)11-12-28-22(31)16-14-29-30(21(16)23(25,26)27)18-8-6-5-7-17(18)24/h5-10,13-14H,3-4,11-12H2,1-2H3,(H,28,31). The van der Waals surface area contributed by atoms with Crippen LogP contribution in [0.2, 0.25) is 0 Å². The molecule has 176 valence electrons. The summed E-state index contributed by atoms with van der Waals surface area (Å²) in [6, 6.07) is 10.2. The van der Waals surface area contributed by atoms with Crippen molar-refractivity contribution in [3.63, 3.8) is 0 Å². The molecule has 3 rings (SSSR count). The molecule has 0 saturated carbocycles. The van der Waals surface area contributed by atoms with Gasteiger partial charge in [-0.3, -0.25) is 4.79 Å². The second kappa shape index (κ2) is 10.4. The summed E-state index contributed by atoms with van der Waals surface area (Å²) < 4.78 is 66.7. The van der Waals surface area contributed by atoms with Gasteiger partial charge in [-0.25, -0.2) is 9.07 Å². The van der Waals surface area contributed by atoms with E-state index in [1.54, 1.807) is 18.2 Å². The van der Waals surface area contributed by atoms with Crippen LogP contribution in [0.5, 0.6) is 11.5 Å². The van der Waals surface area contributed by atoms with E-state index in [1.807, 2.05) is 13.8 Å². The highest BCUT2D eigenvalue weighted by Crippen LogP contribution is 2.34. The Hall–Kier alpha value is -3.56. The van der Waals surface area contributed by atoms with E-state index in [-0.39, 0.29) is 6.54 Å². The van der Waals surface area contributed by atoms with Crippen molar-refractivity contribution in [2.75, 3.05) is 19.8 Å². The zero-order valence-corrected chi connectivity index (χ0v) is 18.1. The van der Waals surface area contributed by atoms with Crippen molar-refractivity contribution >= 4 is 5.91 Å². The van der Waals surface area contributed by atoms with E-state index < -0.39 is 34.8 Å². The Labute approximate surface area is 188 Å². The molecule has 3 aromatic rings. The highest BCUT2D eigenvalue weighted by Gasteiger charge is 2.40. The number of nitrogens with one attached hydrogen (secondary N) is 1. The van der Waals surface area contributed by atoms with Crippen molar-refractivity contribution in [2.24, 2.45) is 0 Å². The van der Waals surface area contributed by atoms with Crippen LogP contribution in [0.15, 0.2) is 48.7 Å². The number of alkyl halides is 3. The summed E-state index contributed by atoms with van der Waals surface area (Å²) in [7, 11) is 0. The predicted molar refractivity (Wildman–Crippen MR) is 113 cm³/mol. The van der Waals surface area contributed by atoms with E-state index >= 15 is 0 Å². The van der Waals surface area contributed by atoms with Crippen LogP contribution in [0.4, 0.5) is 17.6 Å². The highest BCUT2D eigenvalue weighted by atomic mass is 19.4. The molecule has 0 bridgehead atoms. The lowest BCUT2D eigenvalue weighted by atomic mass is 10.1. The first-order valence-corrected chi connectivity index (χ1v) is 10.3. The van der Waals surface area contributed by atoms with Crippen LogP contribution >= 0.6 is 0 Å². The monoisotopic (exact) mass is 465 g/mol. The van der Waals surface area contributed by atoms with Crippen molar-refractivity contribution < 1.29 is 31.8 Å². The SMILES string of the molecule is CCOc1ccc(CCNC(=O)c2cnn(-c3ccccc3F)c2C(F)(F)F)cc1OCC. The van der Waals surface area contributed by atoms with Crippen LogP contribution in [0.1, 0.15) is 35.5 Å². The third-order valence-electron chi connectivity index (χ3n) is 4.67. The van der Waals surface area contributed by atoms with Gasteiger partial charge in [0.05, 0.1) is 25.0 Å². The first kappa shape index (κ1) is 24.1. The van der Waals surface area contributed by atoms with E-state index in [2.05, 4.69) is 10.4 Å². The van der Waals surface area contributed by atoms with Crippen molar-refractivity contribution in [1.82, 2.24) is 15.1 Å². The van der Waals surface area contributed by atoms with Gasteiger partial charge in [0.2, 0.25) is 0 Å². The average Bonchev–Trinajstić information content (AvgIpc) is 3.22. The van der Waals surface area contributed by atoms with Gasteiger partial charge in [0.15, 0.2) is 17.2 Å². The largest absolute Gasteiger partial charge is 0.490 e. The second-order valence-corrected chi connectivity index (χ2v) is 6.92. The Bertz CT molecular complexity index is 1110. The Morgan fingerprint density at radius 2 is 1.76 bits per heavy atom. The number of hydrogen-bond donors (Lipinski definition) is 1. The van der Waals surface area contributed by atoms with Crippen LogP contribution in [0.25, 0.3) is 5.69 Å². The normalized spacial score (nSPS) is 11.3. The first-order chi connectivity index (χ1) is 15.8. The van der Waals surface area contributed by atoms with E-state index in [0.29, 0.717) is 35.8 Å². The molecule has 0 aliphatic heterocycles. The van der Waals surface area contributed by atoms with Gasteiger partial charge < -0.3 is 14.8 Å². The van der Waals surface area contributed by atoms with Gasteiger partial charge >= 0.3 is 6.18 Å². The molecular formula is C23H23F4N3O3. The van der Waals surface area contributed by atoms with Crippen LogP contribution in [-0.4, -0.2) is 35.4 Å². The molecule has 0 saturated heterocycles. The van der Waals surface area contributed by atoms with E-state index in [9.17, 15) is 22.4 Å². The summed E-state index contributed by atoms with van der Waals surface area (Å²) in [6.45, 7) is 4.66. The Morgan fingerprint density at radius 3 is 2.42 bits per heavy atom. The first-order valence-electron chi connectivity index (χ1n) is 10.3. The lowest BCUT2D eigenvalue weighted by molar-refractivity contribution is -0.143. The van der Waals surface area contributed by atoms with Gasteiger partial charge in [0.25, 0.3) is 5.91 Å². The fourth-order valence-electron chi connectivity index (χ4n) is 3.26. The zero-order valence-electron chi connectivity index (χ0n) is 18.1. The second-order valence-electron chi connectivity index (χ2n) is 6.92. The van der Waals surface area contributed by atoms with E-state index in [1.165, 1.54) is 12.1 Å². The number of carbonyl (C=O) groups excluding carboxylic acids is 1. The Morgan fingerprint density at radius 1 is 1.06 bits per heavy atom. The van der Waals surface area contributed by atoms with Crippen molar-refractivity contribution in [2.45, 2.75) is 26.4 Å². The maximum Gasteiger partial charge on any atom is 0.434 e. The number of aromatic nitrogens is 2. The number of nitrogens with zero attached hydrogens (tertiary/aromatic N) is 2. The molecule has 1 amide bonds. The zero-order chi connectivity index (χ0) is 24.0. The molecule has 2 aromatic carbocycles. The molecule has 0 radical (unpaired) electrons. The third kappa shape index (κ3) is 5.63. The van der Waals surface area contributed by atoms with Gasteiger partial charge in [-0.1, -0.05) is 18.2 Å². The van der Waals surface area contributed by atoms with Crippen LogP contribution < -0.4 is 14.8 Å². The maximum absolute atomic E-state index is 14.1. The van der Waals surface area contributed by atoms with Crippen molar-refractivity contribution in [3.05, 3.63) is 71.3 Å². The van der Waals surface area contributed by atoms with Gasteiger partial charge in [-0.05, 0) is 50.1 Å². The molecule has 0 fully saturated rings. The molecule has 10 heteroatoms. The maximum atomic E-state index is 14.1. The quantitative estimate of drug-likeness (QED) is 0.461. The fourth-order valence-corrected chi connectivity index (χ4v) is 3.26. The number of halogens is 4. The Kier molecular flexibility index (Phi) is 7.57. The van der Waals surface area contributed by atoms with Gasteiger partial charge in [-0.2, -0.15) is 18.3 Å². The van der Waals surface area contributed by atoms with Crippen LogP contribution in [0, 0.1) is 5.82 Å². The van der Waals surface area contributed by atoms with Crippen molar-refractivity contribution in [1.29, 1.82) is 0 Å². The molecule has 1 N–H and O–H groups in total. The number of ether oxygens (including phenoxy) is 2. The molecule has 0 atom stereocenters. The van der Waals surface area contributed by atoms with Gasteiger partial charge in [0, 0.05) is 6.54 Å². The molecule has 0 aliphatic carbocycles. The summed E-state index contributed by atoms with van der Waals surface area (Å²) in [5.74, 6) is -0.712. The van der Waals surface area contributed by atoms with Gasteiger partial charge in [0.1, 0.15) is 11.5 Å². The topological polar surface area (TPSA) is 65.4 Å². The summed E-state index contributed by atoms with van der Waals surface area (Å²) in [6.07, 6.45) is -3.79. The van der Waals surface area contributed by atoms with Crippen molar-refractivity contribution in [3.8, 4) is 17.2 Å². The molecule has 33 heavy (non-hydrogen) atoms. The fraction of sp³-hybridized carbons (Fsp3) is 0.304. The van der Waals surface area contributed by atoms with Crippen LogP contribution in [0.3, 0.4) is 0 Å². The number of amides is 1. The molecule has 1 aromatic heterocycles. The minimum Gasteiger partial charge on any atom is -0.490 e. The molecular weight excluding hydrogens is 442 g/mol. The molecule has 0 aliphatic rings. The summed E-state index contributed by atoms with van der Waals surface area (Å²) >= 11 is 0. The number of benzene rings is 2. The number of hydrogen-bond acceptors (Lipinski definition) is 4. The number of carbonyl (C=O) groups is 1. The minimum absolute atomic E-state index is 0.0700. The smallest absolute Gasteiger partial charge is 0.434 e. The van der Waals surface area contributed by atoms with Gasteiger partial charge in [-0.15, -0.1) is 0 Å². The Balaban J connectivity index is 1.76. The lowest BCUT2D eigenvalue weighted by Crippen LogP contribution is -2.28. The molecule has 0 unspecified atom stereocenters. The van der Waals surface area contributed by atoms with E-state index in [0.717, 1.165) is 23.9 Å². The molecule has 1 heterocycles. The summed E-state index contributed by atoms with van der Waals surface area (Å²) in [5.41, 5.74) is -1.63. The predicted octanol–water partition coefficient (Wildman–Crippen LogP) is 4.80. The third-order valence-corrected chi connectivity index (χ3v) is 4.67. The lowest BCUT2D eigenvalue weighted by Gasteiger charge is -2.14. The minimum atomic E-state index is -4.92. The number of rotatable bonds is 9. The summed E-state index contributed by atoms with van der Waals surface area (Å²) in [5, 5.41) is 6.10. The average molecular weight is 465 g/mol. The summed E-state index contributed by atoms with van der Waals surface area (Å²) in [4.78, 5) is 12.5. The van der Waals surface area contributed by atoms with Crippen LogP contribution in [-0.2, 0) is 12.6 Å². The molecule has 0 spiro atoms. The molecule has 6 nitrogen and oxygen atoms in total.